The fraction of sp³-hybridized carbons (Fsp3) is 0.930. The lowest BCUT2D eigenvalue weighted by Gasteiger charge is -2.21. The summed E-state index contributed by atoms with van der Waals surface area (Å²) in [4.78, 5) is 71.5. The third-order valence-corrected chi connectivity index (χ3v) is 14.9. The van der Waals surface area contributed by atoms with Crippen LogP contribution in [0.4, 0.5) is 0 Å². The van der Waals surface area contributed by atoms with Gasteiger partial charge in [-0.25, -0.2) is 9.13 Å². The first-order valence-electron chi connectivity index (χ1n) is 30.1. The average molecular weight is 1130 g/mol. The molecule has 0 rings (SSSR count). The molecule has 0 aliphatic heterocycles. The van der Waals surface area contributed by atoms with Crippen molar-refractivity contribution < 1.29 is 80.2 Å². The summed E-state index contributed by atoms with van der Waals surface area (Å²) in [5, 5.41) is 10.5. The molecule has 0 saturated carbocycles. The number of hydrogen-bond donors (Lipinski definition) is 3. The van der Waals surface area contributed by atoms with Gasteiger partial charge in [-0.1, -0.05) is 227 Å². The summed E-state index contributed by atoms with van der Waals surface area (Å²) >= 11 is 0. The van der Waals surface area contributed by atoms with Crippen molar-refractivity contribution in [2.75, 3.05) is 39.6 Å². The zero-order valence-corrected chi connectivity index (χ0v) is 50.2. The van der Waals surface area contributed by atoms with E-state index in [1.807, 2.05) is 0 Å². The highest BCUT2D eigenvalue weighted by Gasteiger charge is 2.30. The van der Waals surface area contributed by atoms with Gasteiger partial charge in [0.15, 0.2) is 12.2 Å². The van der Waals surface area contributed by atoms with E-state index < -0.39 is 97.5 Å². The van der Waals surface area contributed by atoms with Crippen molar-refractivity contribution in [2.45, 2.75) is 297 Å². The van der Waals surface area contributed by atoms with Crippen molar-refractivity contribution in [3.63, 3.8) is 0 Å². The number of unbranched alkanes of at least 4 members (excludes halogenated alkanes) is 29. The average Bonchev–Trinajstić information content (AvgIpc) is 3.38. The number of esters is 4. The standard InChI is InChI=1S/C57H110O17P2/c1-6-9-12-15-17-19-20-21-22-23-24-26-33-38-43-57(62)74-53(47-68-55(60)41-36-31-28-27-30-34-39-50(4)5)49-72-76(65,66)70-45-51(58)44-69-75(63,64)71-48-52(46-67-54(59)40-35-29-14-11-8-3)73-56(61)42-37-32-25-18-16-13-10-7-2/h50-53,58H,6-49H2,1-5H3,(H,63,64)(H,65,66)/t51-,52+,53+/m0/s1. The Morgan fingerprint density at radius 3 is 0.895 bits per heavy atom. The first-order chi connectivity index (χ1) is 36.5. The Morgan fingerprint density at radius 1 is 0.355 bits per heavy atom. The van der Waals surface area contributed by atoms with Gasteiger partial charge in [0, 0.05) is 25.7 Å². The predicted molar refractivity (Wildman–Crippen MR) is 298 cm³/mol. The van der Waals surface area contributed by atoms with E-state index in [0.717, 1.165) is 109 Å². The van der Waals surface area contributed by atoms with Crippen molar-refractivity contribution in [3.8, 4) is 0 Å². The van der Waals surface area contributed by atoms with Crippen LogP contribution in [0.15, 0.2) is 0 Å². The second-order valence-corrected chi connectivity index (χ2v) is 24.1. The van der Waals surface area contributed by atoms with E-state index in [1.54, 1.807) is 0 Å². The number of carbonyl (C=O) groups is 4. The van der Waals surface area contributed by atoms with E-state index in [-0.39, 0.29) is 25.7 Å². The van der Waals surface area contributed by atoms with Crippen LogP contribution in [0, 0.1) is 5.92 Å². The molecule has 0 saturated heterocycles. The molecule has 0 bridgehead atoms. The number of phosphoric acid groups is 2. The Kier molecular flexibility index (Phi) is 49.9. The Balaban J connectivity index is 5.16. The molecule has 76 heavy (non-hydrogen) atoms. The highest BCUT2D eigenvalue weighted by molar-refractivity contribution is 7.47. The maximum atomic E-state index is 12.9. The molecule has 0 aliphatic carbocycles. The molecule has 0 fully saturated rings. The second-order valence-electron chi connectivity index (χ2n) is 21.2. The summed E-state index contributed by atoms with van der Waals surface area (Å²) in [6, 6.07) is 0. The third kappa shape index (κ3) is 51.5. The van der Waals surface area contributed by atoms with Gasteiger partial charge in [-0.3, -0.25) is 37.3 Å². The molecule has 0 aromatic carbocycles. The van der Waals surface area contributed by atoms with E-state index in [2.05, 4.69) is 34.6 Å². The van der Waals surface area contributed by atoms with Gasteiger partial charge in [-0.15, -0.1) is 0 Å². The Morgan fingerprint density at radius 2 is 0.605 bits per heavy atom. The van der Waals surface area contributed by atoms with Crippen LogP contribution < -0.4 is 0 Å². The fourth-order valence-electron chi connectivity index (χ4n) is 8.34. The molecule has 450 valence electrons. The van der Waals surface area contributed by atoms with Crippen LogP contribution >= 0.6 is 15.6 Å². The van der Waals surface area contributed by atoms with Crippen LogP contribution in [0.3, 0.4) is 0 Å². The largest absolute Gasteiger partial charge is 0.472 e. The van der Waals surface area contributed by atoms with Crippen LogP contribution in [0.5, 0.6) is 0 Å². The van der Waals surface area contributed by atoms with Gasteiger partial charge in [0.1, 0.15) is 19.3 Å². The number of ether oxygens (including phenoxy) is 4. The Labute approximate surface area is 460 Å². The molecule has 0 spiro atoms. The maximum Gasteiger partial charge on any atom is 0.472 e. The molecule has 17 nitrogen and oxygen atoms in total. The fourth-order valence-corrected chi connectivity index (χ4v) is 9.92. The number of hydrogen-bond acceptors (Lipinski definition) is 15. The highest BCUT2D eigenvalue weighted by Crippen LogP contribution is 2.45. The SMILES string of the molecule is CCCCCCCCCCCCCCCCC(=O)O[C@H](COC(=O)CCCCCCCCC(C)C)COP(=O)(O)OC[C@@H](O)COP(=O)(O)OC[C@@H](COC(=O)CCCCCCC)OC(=O)CCCCCCCCCC. The molecule has 0 aliphatic rings. The first-order valence-corrected chi connectivity index (χ1v) is 33.1. The summed E-state index contributed by atoms with van der Waals surface area (Å²) in [6.45, 7) is 6.94. The molecule has 3 N–H and O–H groups in total. The van der Waals surface area contributed by atoms with Crippen molar-refractivity contribution >= 4 is 39.5 Å². The van der Waals surface area contributed by atoms with Crippen molar-refractivity contribution in [1.82, 2.24) is 0 Å². The lowest BCUT2D eigenvalue weighted by Crippen LogP contribution is -2.30. The van der Waals surface area contributed by atoms with Gasteiger partial charge in [0.25, 0.3) is 0 Å². The lowest BCUT2D eigenvalue weighted by atomic mass is 10.0. The number of carbonyl (C=O) groups excluding carboxylic acids is 4. The third-order valence-electron chi connectivity index (χ3n) is 13.0. The van der Waals surface area contributed by atoms with Crippen molar-refractivity contribution in [3.05, 3.63) is 0 Å². The summed E-state index contributed by atoms with van der Waals surface area (Å²) in [6.07, 6.45) is 32.6. The summed E-state index contributed by atoms with van der Waals surface area (Å²) < 4.78 is 67.4. The number of aliphatic hydroxyl groups excluding tert-OH is 1. The van der Waals surface area contributed by atoms with Crippen LogP contribution in [-0.4, -0.2) is 96.7 Å². The summed E-state index contributed by atoms with van der Waals surface area (Å²) in [7, 11) is -9.86. The maximum absolute atomic E-state index is 12.9. The normalized spacial score (nSPS) is 14.4. The number of aliphatic hydroxyl groups is 1. The summed E-state index contributed by atoms with van der Waals surface area (Å²) in [5.41, 5.74) is 0. The van der Waals surface area contributed by atoms with E-state index in [4.69, 9.17) is 37.0 Å². The second kappa shape index (κ2) is 51.2. The van der Waals surface area contributed by atoms with Gasteiger partial charge in [-0.2, -0.15) is 0 Å². The molecule has 0 radical (unpaired) electrons. The molecular weight excluding hydrogens is 1020 g/mol. The van der Waals surface area contributed by atoms with Crippen LogP contribution in [0.1, 0.15) is 279 Å². The van der Waals surface area contributed by atoms with Gasteiger partial charge in [0.05, 0.1) is 26.4 Å². The molecule has 0 aromatic heterocycles. The van der Waals surface area contributed by atoms with Gasteiger partial charge < -0.3 is 33.8 Å². The lowest BCUT2D eigenvalue weighted by molar-refractivity contribution is -0.161. The van der Waals surface area contributed by atoms with Crippen molar-refractivity contribution in [1.29, 1.82) is 0 Å². The van der Waals surface area contributed by atoms with Crippen LogP contribution in [-0.2, 0) is 65.4 Å². The van der Waals surface area contributed by atoms with E-state index >= 15 is 0 Å². The number of rotatable bonds is 57. The molecule has 2 unspecified atom stereocenters. The van der Waals surface area contributed by atoms with Gasteiger partial charge in [0.2, 0.25) is 0 Å². The molecular formula is C57H110O17P2. The smallest absolute Gasteiger partial charge is 0.462 e. The first kappa shape index (κ1) is 74.1. The van der Waals surface area contributed by atoms with E-state index in [1.165, 1.54) is 83.5 Å². The van der Waals surface area contributed by atoms with Crippen molar-refractivity contribution in [2.24, 2.45) is 5.92 Å². The molecule has 0 heterocycles. The monoisotopic (exact) mass is 1130 g/mol. The number of phosphoric ester groups is 2. The van der Waals surface area contributed by atoms with Gasteiger partial charge in [-0.05, 0) is 31.6 Å². The highest BCUT2D eigenvalue weighted by atomic mass is 31.2. The van der Waals surface area contributed by atoms with E-state index in [9.17, 15) is 43.2 Å². The Hall–Kier alpha value is -1.94. The van der Waals surface area contributed by atoms with E-state index in [0.29, 0.717) is 31.6 Å². The zero-order chi connectivity index (χ0) is 56.4. The van der Waals surface area contributed by atoms with Crippen LogP contribution in [0.25, 0.3) is 0 Å². The predicted octanol–water partition coefficient (Wildman–Crippen LogP) is 15.1. The Bertz CT molecular complexity index is 1500. The minimum atomic E-state index is -4.93. The summed E-state index contributed by atoms with van der Waals surface area (Å²) in [5.74, 6) is -1.48. The quantitative estimate of drug-likeness (QED) is 0.0222. The zero-order valence-electron chi connectivity index (χ0n) is 48.4. The minimum Gasteiger partial charge on any atom is -0.462 e. The molecule has 19 heteroatoms. The van der Waals surface area contributed by atoms with Gasteiger partial charge >= 0.3 is 39.5 Å². The molecule has 0 amide bonds. The van der Waals surface area contributed by atoms with Crippen LogP contribution in [0.2, 0.25) is 0 Å². The minimum absolute atomic E-state index is 0.104. The molecule has 0 aromatic rings. The molecule has 5 atom stereocenters. The topological polar surface area (TPSA) is 237 Å².